The molecule has 0 aromatic rings. The number of hydrogen-bond acceptors (Lipinski definition) is 3. The summed E-state index contributed by atoms with van der Waals surface area (Å²) in [6.45, 7) is 4.77. The van der Waals surface area contributed by atoms with Crippen LogP contribution in [0.25, 0.3) is 0 Å². The van der Waals surface area contributed by atoms with Crippen LogP contribution in [0.4, 0.5) is 0 Å². The SMILES string of the molecule is CCCNC1(CO)CCC(N(C)CC2CC2)C1. The van der Waals surface area contributed by atoms with E-state index < -0.39 is 0 Å². The first-order chi connectivity index (χ1) is 8.19. The standard InChI is InChI=1S/C14H28N2O/c1-3-8-15-14(11-17)7-6-13(9-14)16(2)10-12-4-5-12/h12-13,15,17H,3-11H2,1-2H3. The van der Waals surface area contributed by atoms with Crippen LogP contribution < -0.4 is 5.32 Å². The molecule has 2 fully saturated rings. The van der Waals surface area contributed by atoms with Gasteiger partial charge in [0.1, 0.15) is 0 Å². The Labute approximate surface area is 106 Å². The molecule has 2 N–H and O–H groups in total. The molecule has 0 amide bonds. The smallest absolute Gasteiger partial charge is 0.0613 e. The number of nitrogens with one attached hydrogen (secondary N) is 1. The molecule has 0 saturated heterocycles. The maximum absolute atomic E-state index is 9.66. The number of aliphatic hydroxyl groups is 1. The molecule has 0 bridgehead atoms. The van der Waals surface area contributed by atoms with Gasteiger partial charge in [-0.25, -0.2) is 0 Å². The van der Waals surface area contributed by atoms with Crippen molar-refractivity contribution in [2.24, 2.45) is 5.92 Å². The zero-order chi connectivity index (χ0) is 12.3. The Bertz CT molecular complexity index is 242. The second-order valence-electron chi connectivity index (χ2n) is 6.14. The molecule has 0 heterocycles. The van der Waals surface area contributed by atoms with Crippen LogP contribution in [0.2, 0.25) is 0 Å². The maximum Gasteiger partial charge on any atom is 0.0613 e. The van der Waals surface area contributed by atoms with Crippen LogP contribution in [-0.2, 0) is 0 Å². The Balaban J connectivity index is 1.82. The highest BCUT2D eigenvalue weighted by atomic mass is 16.3. The summed E-state index contributed by atoms with van der Waals surface area (Å²) in [4.78, 5) is 2.53. The van der Waals surface area contributed by atoms with Gasteiger partial charge in [-0.2, -0.15) is 0 Å². The largest absolute Gasteiger partial charge is 0.394 e. The van der Waals surface area contributed by atoms with Gasteiger partial charge >= 0.3 is 0 Å². The molecule has 3 nitrogen and oxygen atoms in total. The van der Waals surface area contributed by atoms with Crippen LogP contribution in [0, 0.1) is 5.92 Å². The van der Waals surface area contributed by atoms with E-state index in [1.165, 1.54) is 25.8 Å². The van der Waals surface area contributed by atoms with Crippen molar-refractivity contribution in [1.82, 2.24) is 10.2 Å². The molecule has 2 saturated carbocycles. The quantitative estimate of drug-likeness (QED) is 0.710. The fraction of sp³-hybridized carbons (Fsp3) is 1.00. The van der Waals surface area contributed by atoms with Gasteiger partial charge < -0.3 is 15.3 Å². The van der Waals surface area contributed by atoms with Gasteiger partial charge in [-0.3, -0.25) is 0 Å². The van der Waals surface area contributed by atoms with Crippen LogP contribution >= 0.6 is 0 Å². The number of aliphatic hydroxyl groups excluding tert-OH is 1. The third kappa shape index (κ3) is 3.43. The topological polar surface area (TPSA) is 35.5 Å². The van der Waals surface area contributed by atoms with Gasteiger partial charge in [0.05, 0.1) is 6.61 Å². The fourth-order valence-electron chi connectivity index (χ4n) is 3.08. The van der Waals surface area contributed by atoms with Gasteiger partial charge in [-0.15, -0.1) is 0 Å². The summed E-state index contributed by atoms with van der Waals surface area (Å²) in [6.07, 6.45) is 7.48. The van der Waals surface area contributed by atoms with Crippen molar-refractivity contribution in [3.8, 4) is 0 Å². The van der Waals surface area contributed by atoms with E-state index in [9.17, 15) is 5.11 Å². The lowest BCUT2D eigenvalue weighted by Crippen LogP contribution is -2.48. The predicted molar refractivity (Wildman–Crippen MR) is 71.1 cm³/mol. The van der Waals surface area contributed by atoms with E-state index in [1.54, 1.807) is 0 Å². The molecule has 2 aliphatic rings. The molecule has 100 valence electrons. The van der Waals surface area contributed by atoms with Crippen molar-refractivity contribution in [2.75, 3.05) is 26.7 Å². The van der Waals surface area contributed by atoms with Gasteiger partial charge in [0.15, 0.2) is 0 Å². The Morgan fingerprint density at radius 2 is 2.12 bits per heavy atom. The van der Waals surface area contributed by atoms with Crippen LogP contribution in [-0.4, -0.2) is 48.3 Å². The first kappa shape index (κ1) is 13.3. The van der Waals surface area contributed by atoms with Crippen molar-refractivity contribution >= 4 is 0 Å². The van der Waals surface area contributed by atoms with Crippen molar-refractivity contribution in [3.63, 3.8) is 0 Å². The lowest BCUT2D eigenvalue weighted by atomic mass is 9.98. The molecule has 2 aliphatic carbocycles. The van der Waals surface area contributed by atoms with E-state index in [4.69, 9.17) is 0 Å². The molecule has 0 spiro atoms. The minimum atomic E-state index is 0.0124. The highest BCUT2D eigenvalue weighted by Gasteiger charge is 2.40. The van der Waals surface area contributed by atoms with Crippen LogP contribution in [0.3, 0.4) is 0 Å². The summed E-state index contributed by atoms with van der Waals surface area (Å²) in [7, 11) is 2.26. The normalized spacial score (nSPS) is 33.5. The third-order valence-corrected chi connectivity index (χ3v) is 4.50. The highest BCUT2D eigenvalue weighted by molar-refractivity contribution is 4.99. The Kier molecular flexibility index (Phi) is 4.45. The molecule has 0 aliphatic heterocycles. The van der Waals surface area contributed by atoms with E-state index in [2.05, 4.69) is 24.2 Å². The molecule has 0 aromatic heterocycles. The van der Waals surface area contributed by atoms with Crippen molar-refractivity contribution in [2.45, 2.75) is 57.0 Å². The van der Waals surface area contributed by atoms with Crippen LogP contribution in [0.5, 0.6) is 0 Å². The summed E-state index contributed by atoms with van der Waals surface area (Å²) >= 11 is 0. The summed E-state index contributed by atoms with van der Waals surface area (Å²) in [5.74, 6) is 0.965. The zero-order valence-corrected chi connectivity index (χ0v) is 11.4. The molecule has 2 atom stereocenters. The lowest BCUT2D eigenvalue weighted by molar-refractivity contribution is 0.149. The first-order valence-electron chi connectivity index (χ1n) is 7.25. The first-order valence-corrected chi connectivity index (χ1v) is 7.25. The van der Waals surface area contributed by atoms with Gasteiger partial charge in [-0.1, -0.05) is 6.92 Å². The average molecular weight is 240 g/mol. The van der Waals surface area contributed by atoms with Crippen molar-refractivity contribution < 1.29 is 5.11 Å². The van der Waals surface area contributed by atoms with E-state index in [0.717, 1.165) is 31.7 Å². The number of rotatable bonds is 7. The summed E-state index contributed by atoms with van der Waals surface area (Å²) in [5.41, 5.74) is 0.0124. The fourth-order valence-corrected chi connectivity index (χ4v) is 3.08. The van der Waals surface area contributed by atoms with Gasteiger partial charge in [0.2, 0.25) is 0 Å². The van der Waals surface area contributed by atoms with Gasteiger partial charge in [0.25, 0.3) is 0 Å². The Hall–Kier alpha value is -0.120. The molecule has 2 unspecified atom stereocenters. The van der Waals surface area contributed by atoms with E-state index in [-0.39, 0.29) is 5.54 Å². The van der Waals surface area contributed by atoms with Crippen LogP contribution in [0.1, 0.15) is 45.4 Å². The van der Waals surface area contributed by atoms with E-state index in [0.29, 0.717) is 12.6 Å². The molecule has 3 heteroatoms. The molecular weight excluding hydrogens is 212 g/mol. The monoisotopic (exact) mass is 240 g/mol. The third-order valence-electron chi connectivity index (χ3n) is 4.50. The van der Waals surface area contributed by atoms with Crippen LogP contribution in [0.15, 0.2) is 0 Å². The Morgan fingerprint density at radius 1 is 1.35 bits per heavy atom. The minimum Gasteiger partial charge on any atom is -0.394 e. The second-order valence-corrected chi connectivity index (χ2v) is 6.14. The minimum absolute atomic E-state index is 0.0124. The van der Waals surface area contributed by atoms with Gasteiger partial charge in [0, 0.05) is 18.1 Å². The van der Waals surface area contributed by atoms with E-state index in [1.807, 2.05) is 0 Å². The predicted octanol–water partition coefficient (Wildman–Crippen LogP) is 1.61. The maximum atomic E-state index is 9.66. The lowest BCUT2D eigenvalue weighted by Gasteiger charge is -2.30. The van der Waals surface area contributed by atoms with E-state index >= 15 is 0 Å². The summed E-state index contributed by atoms with van der Waals surface area (Å²) in [6, 6.07) is 0.673. The molecule has 2 rings (SSSR count). The molecule has 17 heavy (non-hydrogen) atoms. The number of nitrogens with zero attached hydrogens (tertiary/aromatic N) is 1. The summed E-state index contributed by atoms with van der Waals surface area (Å²) in [5, 5.41) is 13.2. The average Bonchev–Trinajstić information content (AvgIpc) is 3.04. The molecule has 0 aromatic carbocycles. The highest BCUT2D eigenvalue weighted by Crippen LogP contribution is 2.35. The van der Waals surface area contributed by atoms with Crippen molar-refractivity contribution in [3.05, 3.63) is 0 Å². The Morgan fingerprint density at radius 3 is 2.71 bits per heavy atom. The second kappa shape index (κ2) is 5.68. The summed E-state index contributed by atoms with van der Waals surface area (Å²) < 4.78 is 0. The van der Waals surface area contributed by atoms with Crippen molar-refractivity contribution in [1.29, 1.82) is 0 Å². The number of hydrogen-bond donors (Lipinski definition) is 2. The molecular formula is C14H28N2O. The zero-order valence-electron chi connectivity index (χ0n) is 11.4. The van der Waals surface area contributed by atoms with Gasteiger partial charge in [-0.05, 0) is 58.0 Å². The molecule has 0 radical (unpaired) electrons.